The first-order valence-electron chi connectivity index (χ1n) is 3.27. The summed E-state index contributed by atoms with van der Waals surface area (Å²) in [5.41, 5.74) is 0.925. The molecule has 66 valence electrons. The molecule has 0 unspecified atom stereocenters. The molecular weight excluding hydrogens is 158 g/mol. The Labute approximate surface area is 70.5 Å². The first kappa shape index (κ1) is 10.6. The van der Waals surface area contributed by atoms with E-state index in [1.165, 1.54) is 12.3 Å². The molecule has 4 nitrogen and oxygen atoms in total. The fraction of sp³-hybridized carbons (Fsp3) is 0.250. The van der Waals surface area contributed by atoms with Crippen LogP contribution in [0.3, 0.4) is 0 Å². The second-order valence-electron chi connectivity index (χ2n) is 2.03. The summed E-state index contributed by atoms with van der Waals surface area (Å²) < 4.78 is 4.25. The smallest absolute Gasteiger partial charge is 0.166 e. The number of hydrogen-bond donors (Lipinski definition) is 1. The quantitative estimate of drug-likeness (QED) is 0.669. The van der Waals surface area contributed by atoms with Gasteiger partial charge in [0.2, 0.25) is 0 Å². The molecule has 0 spiro atoms. The number of rotatable bonds is 2. The highest BCUT2D eigenvalue weighted by molar-refractivity contribution is 5.80. The number of aldehydes is 2. The molecule has 4 heteroatoms. The van der Waals surface area contributed by atoms with E-state index in [4.69, 9.17) is 0 Å². The van der Waals surface area contributed by atoms with Crippen LogP contribution in [0.1, 0.15) is 20.8 Å². The van der Waals surface area contributed by atoms with E-state index in [9.17, 15) is 9.59 Å². The van der Waals surface area contributed by atoms with Gasteiger partial charge >= 0.3 is 0 Å². The zero-order chi connectivity index (χ0) is 9.40. The van der Waals surface area contributed by atoms with Gasteiger partial charge in [0.15, 0.2) is 12.6 Å². The lowest BCUT2D eigenvalue weighted by molar-refractivity contribution is 0.111. The van der Waals surface area contributed by atoms with E-state index >= 15 is 0 Å². The van der Waals surface area contributed by atoms with Crippen molar-refractivity contribution in [3.05, 3.63) is 23.5 Å². The van der Waals surface area contributed by atoms with Crippen LogP contribution < -0.4 is 0 Å². The second-order valence-corrected chi connectivity index (χ2v) is 2.03. The highest BCUT2D eigenvalue weighted by Gasteiger charge is 1.92. The number of carbonyl (C=O) groups excluding carboxylic acids is 2. The van der Waals surface area contributed by atoms with E-state index in [1.807, 2.05) is 0 Å². The number of ether oxygens (including phenoxy) is 1. The highest BCUT2D eigenvalue weighted by atomic mass is 16.4. The molecule has 0 amide bonds. The van der Waals surface area contributed by atoms with Crippen LogP contribution in [0.15, 0.2) is 12.3 Å². The molecule has 0 atom stereocenters. The second kappa shape index (κ2) is 6.30. The third kappa shape index (κ3) is 3.68. The van der Waals surface area contributed by atoms with Crippen molar-refractivity contribution in [3.63, 3.8) is 0 Å². The topological polar surface area (TPSA) is 59.2 Å². The van der Waals surface area contributed by atoms with Crippen LogP contribution in [0.4, 0.5) is 0 Å². The minimum atomic E-state index is 0.428. The monoisotopic (exact) mass is 169 g/mol. The molecule has 1 N–H and O–H groups in total. The minimum absolute atomic E-state index is 0.428. The number of aromatic nitrogens is 1. The maximum absolute atomic E-state index is 10.00. The number of carbonyl (C=O) groups is 2. The molecule has 0 radical (unpaired) electrons. The third-order valence-electron chi connectivity index (χ3n) is 0.991. The molecule has 1 rings (SSSR count). The summed E-state index contributed by atoms with van der Waals surface area (Å²) in [5.74, 6) is 0. The maximum atomic E-state index is 10.00. The third-order valence-corrected chi connectivity index (χ3v) is 0.991. The van der Waals surface area contributed by atoms with Crippen LogP contribution >= 0.6 is 0 Å². The summed E-state index contributed by atoms with van der Waals surface area (Å²) in [6, 6.07) is 1.49. The number of aromatic amines is 1. The zero-order valence-electron chi connectivity index (χ0n) is 7.03. The molecule has 0 aromatic carbocycles. The van der Waals surface area contributed by atoms with E-state index in [1.54, 1.807) is 14.2 Å². The van der Waals surface area contributed by atoms with Gasteiger partial charge in [0.05, 0.1) is 5.69 Å². The first-order valence-corrected chi connectivity index (χ1v) is 3.27. The summed E-state index contributed by atoms with van der Waals surface area (Å²) in [6.07, 6.45) is 2.83. The van der Waals surface area contributed by atoms with E-state index < -0.39 is 0 Å². The van der Waals surface area contributed by atoms with E-state index in [-0.39, 0.29) is 0 Å². The Hall–Kier alpha value is -1.42. The van der Waals surface area contributed by atoms with Gasteiger partial charge in [-0.1, -0.05) is 0 Å². The van der Waals surface area contributed by atoms with Crippen molar-refractivity contribution < 1.29 is 14.3 Å². The van der Waals surface area contributed by atoms with Gasteiger partial charge in [-0.05, 0) is 6.07 Å². The average molecular weight is 169 g/mol. The lowest BCUT2D eigenvalue weighted by Gasteiger charge is -1.70. The molecule has 0 bridgehead atoms. The first-order chi connectivity index (χ1) is 5.78. The minimum Gasteiger partial charge on any atom is -0.388 e. The summed E-state index contributed by atoms with van der Waals surface area (Å²) in [4.78, 5) is 22.6. The number of H-pyrrole nitrogens is 1. The normalized spacial score (nSPS) is 8.17. The van der Waals surface area contributed by atoms with Crippen molar-refractivity contribution in [3.8, 4) is 0 Å². The van der Waals surface area contributed by atoms with Crippen LogP contribution in [-0.2, 0) is 4.74 Å². The molecule has 0 fully saturated rings. The van der Waals surface area contributed by atoms with Crippen molar-refractivity contribution in [1.82, 2.24) is 4.98 Å². The molecule has 0 aliphatic rings. The van der Waals surface area contributed by atoms with Gasteiger partial charge in [0, 0.05) is 26.0 Å². The van der Waals surface area contributed by atoms with Crippen LogP contribution in [0.2, 0.25) is 0 Å². The van der Waals surface area contributed by atoms with Crippen LogP contribution in [0, 0.1) is 0 Å². The average Bonchev–Trinajstić information content (AvgIpc) is 2.53. The van der Waals surface area contributed by atoms with Gasteiger partial charge in [0.25, 0.3) is 0 Å². The number of hydrogen-bond acceptors (Lipinski definition) is 3. The van der Waals surface area contributed by atoms with Crippen molar-refractivity contribution >= 4 is 12.6 Å². The van der Waals surface area contributed by atoms with E-state index in [0.29, 0.717) is 23.8 Å². The Morgan fingerprint density at radius 1 is 1.33 bits per heavy atom. The number of nitrogens with one attached hydrogen (secondary N) is 1. The van der Waals surface area contributed by atoms with E-state index in [0.717, 1.165) is 0 Å². The van der Waals surface area contributed by atoms with Gasteiger partial charge in [-0.15, -0.1) is 0 Å². The SMILES string of the molecule is COC.O=Cc1c[nH]c(C=O)c1. The molecular formula is C8H11NO3. The summed E-state index contributed by atoms with van der Waals surface area (Å²) >= 11 is 0. The largest absolute Gasteiger partial charge is 0.388 e. The van der Waals surface area contributed by atoms with Gasteiger partial charge in [-0.3, -0.25) is 9.59 Å². The lowest BCUT2D eigenvalue weighted by atomic mass is 10.3. The van der Waals surface area contributed by atoms with Gasteiger partial charge in [-0.2, -0.15) is 0 Å². The maximum Gasteiger partial charge on any atom is 0.166 e. The molecule has 0 aliphatic carbocycles. The summed E-state index contributed by atoms with van der Waals surface area (Å²) in [6.45, 7) is 0. The van der Waals surface area contributed by atoms with Crippen molar-refractivity contribution in [2.45, 2.75) is 0 Å². The Morgan fingerprint density at radius 2 is 1.92 bits per heavy atom. The summed E-state index contributed by atoms with van der Waals surface area (Å²) in [5, 5.41) is 0. The Kier molecular flexibility index (Phi) is 5.55. The molecule has 12 heavy (non-hydrogen) atoms. The molecule has 0 saturated heterocycles. The predicted molar refractivity (Wildman–Crippen MR) is 44.5 cm³/mol. The van der Waals surface area contributed by atoms with Crippen LogP contribution in [0.25, 0.3) is 0 Å². The Bertz CT molecular complexity index is 220. The zero-order valence-corrected chi connectivity index (χ0v) is 7.03. The molecule has 0 saturated carbocycles. The fourth-order valence-electron chi connectivity index (χ4n) is 0.566. The molecule has 1 heterocycles. The molecule has 1 aromatic heterocycles. The number of methoxy groups -OCH3 is 1. The van der Waals surface area contributed by atoms with E-state index in [2.05, 4.69) is 9.72 Å². The van der Waals surface area contributed by atoms with Crippen molar-refractivity contribution in [1.29, 1.82) is 0 Å². The van der Waals surface area contributed by atoms with Crippen LogP contribution in [0.5, 0.6) is 0 Å². The lowest BCUT2D eigenvalue weighted by Crippen LogP contribution is -1.73. The Morgan fingerprint density at radius 3 is 2.17 bits per heavy atom. The molecule has 0 aliphatic heterocycles. The molecule has 1 aromatic rings. The Balaban J connectivity index is 0.000000354. The van der Waals surface area contributed by atoms with Gasteiger partial charge in [-0.25, -0.2) is 0 Å². The van der Waals surface area contributed by atoms with Crippen molar-refractivity contribution in [2.24, 2.45) is 0 Å². The van der Waals surface area contributed by atoms with Gasteiger partial charge < -0.3 is 9.72 Å². The standard InChI is InChI=1S/C6H5NO2.C2H6O/c8-3-5-1-6(4-9)7-2-5;1-3-2/h1-4,7H;1-2H3. The van der Waals surface area contributed by atoms with Gasteiger partial charge in [0.1, 0.15) is 0 Å². The van der Waals surface area contributed by atoms with Crippen LogP contribution in [-0.4, -0.2) is 31.8 Å². The highest BCUT2D eigenvalue weighted by Crippen LogP contribution is 1.95. The fourth-order valence-corrected chi connectivity index (χ4v) is 0.566. The predicted octanol–water partition coefficient (Wildman–Crippen LogP) is 0.902. The summed E-state index contributed by atoms with van der Waals surface area (Å²) in [7, 11) is 3.25. The van der Waals surface area contributed by atoms with Crippen molar-refractivity contribution in [2.75, 3.05) is 14.2 Å².